The van der Waals surface area contributed by atoms with Gasteiger partial charge in [0.1, 0.15) is 17.2 Å². The zero-order valence-electron chi connectivity index (χ0n) is 27.4. The minimum atomic E-state index is -0.750. The van der Waals surface area contributed by atoms with E-state index in [1.165, 1.54) is 0 Å². The van der Waals surface area contributed by atoms with Gasteiger partial charge in [-0.2, -0.15) is 0 Å². The van der Waals surface area contributed by atoms with Crippen LogP contribution in [0.5, 0.6) is 17.2 Å². The molecular formula is C37H50O4. The van der Waals surface area contributed by atoms with Crippen molar-refractivity contribution < 1.29 is 20.1 Å². The van der Waals surface area contributed by atoms with Crippen molar-refractivity contribution >= 4 is 6.29 Å². The third-order valence-corrected chi connectivity index (χ3v) is 8.00. The molecule has 0 radical (unpaired) electrons. The molecule has 0 aliphatic carbocycles. The minimum Gasteiger partial charge on any atom is -0.507 e. The van der Waals surface area contributed by atoms with Gasteiger partial charge in [0.25, 0.3) is 0 Å². The quantitative estimate of drug-likeness (QED) is 0.220. The molecule has 3 rings (SSSR count). The number of phenols is 3. The molecule has 222 valence electrons. The summed E-state index contributed by atoms with van der Waals surface area (Å²) in [5.74, 6) is -0.643. The first-order valence-corrected chi connectivity index (χ1v) is 14.5. The second-order valence-corrected chi connectivity index (χ2v) is 15.8. The van der Waals surface area contributed by atoms with Gasteiger partial charge in [0.05, 0.1) is 5.56 Å². The van der Waals surface area contributed by atoms with Gasteiger partial charge in [0, 0.05) is 22.6 Å². The van der Waals surface area contributed by atoms with E-state index in [9.17, 15) is 20.1 Å². The Kier molecular flexibility index (Phi) is 8.28. The highest BCUT2D eigenvalue weighted by Gasteiger charge is 2.35. The molecule has 4 nitrogen and oxygen atoms in total. The van der Waals surface area contributed by atoms with Gasteiger partial charge in [-0.3, -0.25) is 4.79 Å². The maximum atomic E-state index is 12.0. The first-order chi connectivity index (χ1) is 18.5. The lowest BCUT2D eigenvalue weighted by atomic mass is 9.72. The van der Waals surface area contributed by atoms with Crippen LogP contribution >= 0.6 is 0 Å². The Bertz CT molecular complexity index is 1380. The zero-order chi connectivity index (χ0) is 31.5. The number of carbonyl (C=O) groups is 1. The van der Waals surface area contributed by atoms with Crippen LogP contribution in [0, 0.1) is 6.92 Å². The summed E-state index contributed by atoms with van der Waals surface area (Å²) >= 11 is 0. The molecule has 0 atom stereocenters. The zero-order valence-corrected chi connectivity index (χ0v) is 27.4. The van der Waals surface area contributed by atoms with Gasteiger partial charge >= 0.3 is 0 Å². The predicted octanol–water partition coefficient (Wildman–Crippen LogP) is 9.29. The summed E-state index contributed by atoms with van der Waals surface area (Å²) in [5, 5.41) is 35.5. The number of aldehydes is 1. The molecule has 0 saturated carbocycles. The van der Waals surface area contributed by atoms with Gasteiger partial charge in [0.15, 0.2) is 6.29 Å². The highest BCUT2D eigenvalue weighted by molar-refractivity contribution is 5.81. The summed E-state index contributed by atoms with van der Waals surface area (Å²) < 4.78 is 0. The Hall–Kier alpha value is -3.27. The summed E-state index contributed by atoms with van der Waals surface area (Å²) in [5.41, 5.74) is 5.03. The van der Waals surface area contributed by atoms with Crippen molar-refractivity contribution in [2.75, 3.05) is 0 Å². The summed E-state index contributed by atoms with van der Waals surface area (Å²) in [7, 11) is 0. The van der Waals surface area contributed by atoms with Crippen LogP contribution in [0.4, 0.5) is 0 Å². The second kappa shape index (κ2) is 10.5. The number of rotatable bonds is 4. The standard InChI is InChI=1S/C37H50O4/c1-21-14-22(20-38)31(39)25(15-21)30(26-16-23(34(2,3)4)18-28(32(26)40)36(8,9)10)27-17-24(35(5,6)7)19-29(33(27)41)37(11,12)13/h14-20,30,39-41H,1-13H3. The lowest BCUT2D eigenvalue weighted by molar-refractivity contribution is 0.112. The van der Waals surface area contributed by atoms with Crippen LogP contribution in [0.1, 0.15) is 144 Å². The van der Waals surface area contributed by atoms with Crippen LogP contribution in [-0.2, 0) is 21.7 Å². The van der Waals surface area contributed by atoms with Crippen molar-refractivity contribution in [3.63, 3.8) is 0 Å². The normalized spacial score (nSPS) is 13.1. The number of phenolic OH excluding ortho intramolecular Hbond substituents is 3. The van der Waals surface area contributed by atoms with Crippen LogP contribution in [-0.4, -0.2) is 21.6 Å². The molecule has 3 N–H and O–H groups in total. The fourth-order valence-corrected chi connectivity index (χ4v) is 5.41. The maximum Gasteiger partial charge on any atom is 0.153 e. The average Bonchev–Trinajstić information content (AvgIpc) is 2.79. The number of carbonyl (C=O) groups excluding carboxylic acids is 1. The van der Waals surface area contributed by atoms with Gasteiger partial charge in [-0.25, -0.2) is 0 Å². The van der Waals surface area contributed by atoms with E-state index in [1.54, 1.807) is 6.07 Å². The molecule has 0 aliphatic rings. The minimum absolute atomic E-state index is 0.127. The highest BCUT2D eigenvalue weighted by Crippen LogP contribution is 2.51. The third-order valence-electron chi connectivity index (χ3n) is 8.00. The molecule has 0 fully saturated rings. The molecule has 0 aliphatic heterocycles. The number of hydrogen-bond acceptors (Lipinski definition) is 4. The lowest BCUT2D eigenvalue weighted by Gasteiger charge is -2.33. The van der Waals surface area contributed by atoms with E-state index < -0.39 is 5.92 Å². The summed E-state index contributed by atoms with van der Waals surface area (Å²) in [6, 6.07) is 11.6. The predicted molar refractivity (Wildman–Crippen MR) is 170 cm³/mol. The van der Waals surface area contributed by atoms with Crippen molar-refractivity contribution in [2.24, 2.45) is 0 Å². The lowest BCUT2D eigenvalue weighted by Crippen LogP contribution is -2.20. The SMILES string of the molecule is Cc1cc(C=O)c(O)c(C(c2cc(C(C)(C)C)cc(C(C)(C)C)c2O)c2cc(C(C)(C)C)cc(C(C)(C)C)c2O)c1. The Morgan fingerprint density at radius 2 is 0.902 bits per heavy atom. The molecule has 0 bridgehead atoms. The van der Waals surface area contributed by atoms with Gasteiger partial charge < -0.3 is 15.3 Å². The number of aromatic hydroxyl groups is 3. The molecule has 3 aromatic rings. The number of hydrogen-bond donors (Lipinski definition) is 3. The van der Waals surface area contributed by atoms with E-state index in [1.807, 2.05) is 25.1 Å². The Morgan fingerprint density at radius 3 is 1.22 bits per heavy atom. The average molecular weight is 559 g/mol. The molecular weight excluding hydrogens is 508 g/mol. The molecule has 0 spiro atoms. The van der Waals surface area contributed by atoms with E-state index in [4.69, 9.17) is 0 Å². The van der Waals surface area contributed by atoms with Crippen LogP contribution in [0.15, 0.2) is 36.4 Å². The second-order valence-electron chi connectivity index (χ2n) is 15.8. The molecule has 3 aromatic carbocycles. The van der Waals surface area contributed by atoms with Gasteiger partial charge in [-0.1, -0.05) is 113 Å². The Labute approximate surface area is 247 Å². The molecule has 0 heterocycles. The Morgan fingerprint density at radius 1 is 0.537 bits per heavy atom. The van der Waals surface area contributed by atoms with Gasteiger partial charge in [-0.05, 0) is 62.5 Å². The van der Waals surface area contributed by atoms with Crippen molar-refractivity contribution in [1.29, 1.82) is 0 Å². The molecule has 4 heteroatoms. The fourth-order valence-electron chi connectivity index (χ4n) is 5.41. The van der Waals surface area contributed by atoms with E-state index in [0.29, 0.717) is 23.0 Å². The largest absolute Gasteiger partial charge is 0.507 e. The first kappa shape index (κ1) is 32.2. The van der Waals surface area contributed by atoms with Crippen LogP contribution < -0.4 is 0 Å². The fraction of sp³-hybridized carbons (Fsp3) is 0.486. The number of aryl methyl sites for hydroxylation is 1. The van der Waals surface area contributed by atoms with Crippen molar-refractivity contribution in [1.82, 2.24) is 0 Å². The van der Waals surface area contributed by atoms with Gasteiger partial charge in [-0.15, -0.1) is 0 Å². The summed E-state index contributed by atoms with van der Waals surface area (Å²) in [6.07, 6.45) is 0.654. The summed E-state index contributed by atoms with van der Waals surface area (Å²) in [6.45, 7) is 27.1. The van der Waals surface area contributed by atoms with Crippen molar-refractivity contribution in [3.05, 3.63) is 86.5 Å². The Balaban J connectivity index is 2.67. The highest BCUT2D eigenvalue weighted by atomic mass is 16.3. The van der Waals surface area contributed by atoms with E-state index >= 15 is 0 Å². The topological polar surface area (TPSA) is 77.8 Å². The van der Waals surface area contributed by atoms with Gasteiger partial charge in [0.2, 0.25) is 0 Å². The summed E-state index contributed by atoms with van der Waals surface area (Å²) in [4.78, 5) is 12.0. The first-order valence-electron chi connectivity index (χ1n) is 14.5. The van der Waals surface area contributed by atoms with Crippen molar-refractivity contribution in [2.45, 2.75) is 118 Å². The molecule has 0 unspecified atom stereocenters. The van der Waals surface area contributed by atoms with E-state index in [2.05, 4.69) is 95.2 Å². The van der Waals surface area contributed by atoms with Crippen LogP contribution in [0.2, 0.25) is 0 Å². The number of benzene rings is 3. The third kappa shape index (κ3) is 6.47. The van der Waals surface area contributed by atoms with E-state index in [0.717, 1.165) is 27.8 Å². The maximum absolute atomic E-state index is 12.0. The monoisotopic (exact) mass is 558 g/mol. The molecule has 0 aromatic heterocycles. The molecule has 0 amide bonds. The van der Waals surface area contributed by atoms with Crippen molar-refractivity contribution in [3.8, 4) is 17.2 Å². The molecule has 41 heavy (non-hydrogen) atoms. The molecule has 0 saturated heterocycles. The van der Waals surface area contributed by atoms with Crippen LogP contribution in [0.25, 0.3) is 0 Å². The smallest absolute Gasteiger partial charge is 0.153 e. The van der Waals surface area contributed by atoms with E-state index in [-0.39, 0.29) is 44.5 Å². The van der Waals surface area contributed by atoms with Crippen LogP contribution in [0.3, 0.4) is 0 Å².